The highest BCUT2D eigenvalue weighted by molar-refractivity contribution is 5.95. The van der Waals surface area contributed by atoms with Crippen molar-refractivity contribution in [2.24, 2.45) is 0 Å². The second-order valence-electron chi connectivity index (χ2n) is 3.10. The summed E-state index contributed by atoms with van der Waals surface area (Å²) in [4.78, 5) is 21.5. The number of nitrogens with one attached hydrogen (secondary N) is 1. The van der Waals surface area contributed by atoms with Crippen LogP contribution in [0, 0.1) is 28.4 Å². The monoisotopic (exact) mass is 219 g/mol. The summed E-state index contributed by atoms with van der Waals surface area (Å²) in [7, 11) is 0. The predicted octanol–water partition coefficient (Wildman–Crippen LogP) is 1.16. The smallest absolute Gasteiger partial charge is 0.273 e. The van der Waals surface area contributed by atoms with E-state index in [0.717, 1.165) is 0 Å². The molecule has 0 saturated carbocycles. The zero-order valence-electron chi connectivity index (χ0n) is 8.56. The molecule has 0 saturated heterocycles. The van der Waals surface area contributed by atoms with E-state index in [-0.39, 0.29) is 17.8 Å². The van der Waals surface area contributed by atoms with E-state index in [9.17, 15) is 14.9 Å². The van der Waals surface area contributed by atoms with Crippen molar-refractivity contribution >= 4 is 11.6 Å². The molecule has 0 atom stereocenters. The summed E-state index contributed by atoms with van der Waals surface area (Å²) in [5.41, 5.74) is 0.555. The Labute approximate surface area is 91.6 Å². The normalized spacial score (nSPS) is 9.25. The van der Waals surface area contributed by atoms with E-state index in [1.807, 2.05) is 0 Å². The molecule has 0 heterocycles. The minimum Gasteiger partial charge on any atom is -0.339 e. The Hall–Kier alpha value is -2.42. The average Bonchev–Trinajstić information content (AvgIpc) is 2.26. The summed E-state index contributed by atoms with van der Waals surface area (Å²) in [6, 6.07) is 5.93. The van der Waals surface area contributed by atoms with Crippen LogP contribution in [0.1, 0.15) is 15.9 Å². The van der Waals surface area contributed by atoms with Crippen LogP contribution in [-0.2, 0) is 0 Å². The number of nitriles is 1. The Morgan fingerprint density at radius 1 is 1.62 bits per heavy atom. The van der Waals surface area contributed by atoms with Crippen LogP contribution in [0.25, 0.3) is 0 Å². The van der Waals surface area contributed by atoms with Crippen LogP contribution in [0.5, 0.6) is 0 Å². The molecular formula is C10H9N3O3. The van der Waals surface area contributed by atoms with Crippen molar-refractivity contribution in [2.75, 3.05) is 6.54 Å². The predicted molar refractivity (Wildman–Crippen MR) is 55.8 cm³/mol. The van der Waals surface area contributed by atoms with Gasteiger partial charge < -0.3 is 5.32 Å². The fourth-order valence-corrected chi connectivity index (χ4v) is 1.17. The molecule has 1 aromatic carbocycles. The van der Waals surface area contributed by atoms with E-state index in [4.69, 9.17) is 5.26 Å². The van der Waals surface area contributed by atoms with Gasteiger partial charge in [-0.3, -0.25) is 14.9 Å². The van der Waals surface area contributed by atoms with Crippen LogP contribution < -0.4 is 5.32 Å². The van der Waals surface area contributed by atoms with Crippen LogP contribution in [0.4, 0.5) is 5.69 Å². The van der Waals surface area contributed by atoms with Crippen LogP contribution in [0.2, 0.25) is 0 Å². The van der Waals surface area contributed by atoms with Crippen molar-refractivity contribution in [1.29, 1.82) is 5.26 Å². The number of nitrogens with zero attached hydrogens (tertiary/aromatic N) is 2. The SMILES string of the molecule is Cc1ccc(C(=O)NCC#N)cc1[N+](=O)[O-]. The Balaban J connectivity index is 2.99. The molecule has 0 radical (unpaired) electrons. The van der Waals surface area contributed by atoms with E-state index in [2.05, 4.69) is 5.32 Å². The summed E-state index contributed by atoms with van der Waals surface area (Å²) in [5.74, 6) is -0.496. The lowest BCUT2D eigenvalue weighted by Crippen LogP contribution is -2.23. The Morgan fingerprint density at radius 3 is 2.88 bits per heavy atom. The van der Waals surface area contributed by atoms with Crippen molar-refractivity contribution in [3.63, 3.8) is 0 Å². The number of carbonyl (C=O) groups excluding carboxylic acids is 1. The Bertz CT molecular complexity index is 477. The standard InChI is InChI=1S/C10H9N3O3/c1-7-2-3-8(6-9(7)13(15)16)10(14)12-5-4-11/h2-3,6H,5H2,1H3,(H,12,14). The molecule has 0 unspecified atom stereocenters. The number of rotatable bonds is 3. The van der Waals surface area contributed by atoms with Gasteiger partial charge in [0.25, 0.3) is 11.6 Å². The van der Waals surface area contributed by atoms with Crippen molar-refractivity contribution in [1.82, 2.24) is 5.32 Å². The third-order valence-electron chi connectivity index (χ3n) is 2.00. The lowest BCUT2D eigenvalue weighted by atomic mass is 10.1. The molecule has 1 N–H and O–H groups in total. The second kappa shape index (κ2) is 4.89. The Kier molecular flexibility index (Phi) is 3.56. The average molecular weight is 219 g/mol. The zero-order valence-corrected chi connectivity index (χ0v) is 8.56. The molecule has 0 aromatic heterocycles. The van der Waals surface area contributed by atoms with E-state index in [1.165, 1.54) is 18.2 Å². The number of nitro groups is 1. The van der Waals surface area contributed by atoms with Gasteiger partial charge in [0, 0.05) is 17.2 Å². The number of amides is 1. The van der Waals surface area contributed by atoms with Crippen molar-refractivity contribution < 1.29 is 9.72 Å². The first kappa shape index (κ1) is 11.7. The molecule has 0 spiro atoms. The number of carbonyl (C=O) groups is 1. The molecule has 0 aliphatic rings. The molecule has 0 aliphatic heterocycles. The first-order valence-corrected chi connectivity index (χ1v) is 4.46. The summed E-state index contributed by atoms with van der Waals surface area (Å²) < 4.78 is 0. The van der Waals surface area contributed by atoms with Gasteiger partial charge in [-0.05, 0) is 13.0 Å². The number of nitro benzene ring substituents is 1. The first-order chi connectivity index (χ1) is 7.56. The highest BCUT2D eigenvalue weighted by Crippen LogP contribution is 2.18. The van der Waals surface area contributed by atoms with E-state index in [0.29, 0.717) is 5.56 Å². The molecule has 82 valence electrons. The van der Waals surface area contributed by atoms with Crippen LogP contribution in [-0.4, -0.2) is 17.4 Å². The molecule has 1 amide bonds. The van der Waals surface area contributed by atoms with E-state index < -0.39 is 10.8 Å². The van der Waals surface area contributed by atoms with Crippen molar-refractivity contribution in [3.8, 4) is 6.07 Å². The van der Waals surface area contributed by atoms with Crippen molar-refractivity contribution in [3.05, 3.63) is 39.4 Å². The number of hydrogen-bond donors (Lipinski definition) is 1. The highest BCUT2D eigenvalue weighted by Gasteiger charge is 2.14. The van der Waals surface area contributed by atoms with Gasteiger partial charge in [-0.15, -0.1) is 0 Å². The second-order valence-corrected chi connectivity index (χ2v) is 3.10. The summed E-state index contributed by atoms with van der Waals surface area (Å²) in [5, 5.41) is 21.2. The summed E-state index contributed by atoms with van der Waals surface area (Å²) >= 11 is 0. The highest BCUT2D eigenvalue weighted by atomic mass is 16.6. The lowest BCUT2D eigenvalue weighted by Gasteiger charge is -2.02. The van der Waals surface area contributed by atoms with Gasteiger partial charge in [-0.2, -0.15) is 5.26 Å². The molecule has 6 nitrogen and oxygen atoms in total. The molecule has 6 heteroatoms. The van der Waals surface area contributed by atoms with Gasteiger partial charge in [-0.25, -0.2) is 0 Å². The third kappa shape index (κ3) is 2.54. The Morgan fingerprint density at radius 2 is 2.31 bits per heavy atom. The summed E-state index contributed by atoms with van der Waals surface area (Å²) in [6.45, 7) is 1.47. The maximum Gasteiger partial charge on any atom is 0.273 e. The first-order valence-electron chi connectivity index (χ1n) is 4.46. The van der Waals surface area contributed by atoms with Crippen LogP contribution >= 0.6 is 0 Å². The number of aryl methyl sites for hydroxylation is 1. The lowest BCUT2D eigenvalue weighted by molar-refractivity contribution is -0.385. The van der Waals surface area contributed by atoms with Gasteiger partial charge in [-0.1, -0.05) is 6.07 Å². The van der Waals surface area contributed by atoms with Gasteiger partial charge in [0.15, 0.2) is 0 Å². The number of benzene rings is 1. The molecule has 0 aliphatic carbocycles. The zero-order chi connectivity index (χ0) is 12.1. The quantitative estimate of drug-likeness (QED) is 0.468. The van der Waals surface area contributed by atoms with Crippen LogP contribution in [0.15, 0.2) is 18.2 Å². The maximum absolute atomic E-state index is 11.4. The third-order valence-corrected chi connectivity index (χ3v) is 2.00. The topological polar surface area (TPSA) is 96.0 Å². The largest absolute Gasteiger partial charge is 0.339 e. The fourth-order valence-electron chi connectivity index (χ4n) is 1.17. The molecule has 0 bridgehead atoms. The van der Waals surface area contributed by atoms with Gasteiger partial charge in [0.1, 0.15) is 6.54 Å². The minimum absolute atomic E-state index is 0.107. The molecular weight excluding hydrogens is 210 g/mol. The molecule has 1 rings (SSSR count). The number of hydrogen-bond acceptors (Lipinski definition) is 4. The van der Waals surface area contributed by atoms with Gasteiger partial charge in [0.2, 0.25) is 0 Å². The van der Waals surface area contributed by atoms with E-state index >= 15 is 0 Å². The van der Waals surface area contributed by atoms with E-state index in [1.54, 1.807) is 13.0 Å². The molecule has 16 heavy (non-hydrogen) atoms. The van der Waals surface area contributed by atoms with Gasteiger partial charge in [0.05, 0.1) is 11.0 Å². The molecule has 1 aromatic rings. The fraction of sp³-hybridized carbons (Fsp3) is 0.200. The van der Waals surface area contributed by atoms with Gasteiger partial charge >= 0.3 is 0 Å². The van der Waals surface area contributed by atoms with Crippen molar-refractivity contribution in [2.45, 2.75) is 6.92 Å². The molecule has 0 fully saturated rings. The summed E-state index contributed by atoms with van der Waals surface area (Å²) in [6.07, 6.45) is 0. The maximum atomic E-state index is 11.4. The minimum atomic E-state index is -0.545. The van der Waals surface area contributed by atoms with Crippen LogP contribution in [0.3, 0.4) is 0 Å².